The van der Waals surface area contributed by atoms with Crippen molar-refractivity contribution in [1.82, 2.24) is 0 Å². The molecule has 0 amide bonds. The Morgan fingerprint density at radius 2 is 2.26 bits per heavy atom. The maximum Gasteiger partial charge on any atom is 0.171 e. The van der Waals surface area contributed by atoms with Gasteiger partial charge in [-0.15, -0.1) is 11.8 Å². The van der Waals surface area contributed by atoms with Crippen LogP contribution >= 0.6 is 23.4 Å². The number of halogens is 1. The third kappa shape index (κ3) is 3.80. The normalized spacial score (nSPS) is 24.4. The van der Waals surface area contributed by atoms with E-state index in [9.17, 15) is 0 Å². The van der Waals surface area contributed by atoms with Gasteiger partial charge in [0.05, 0.1) is 5.02 Å². The number of benzene rings is 1. The van der Waals surface area contributed by atoms with E-state index >= 15 is 0 Å². The van der Waals surface area contributed by atoms with Crippen LogP contribution in [0.5, 0.6) is 0 Å². The van der Waals surface area contributed by atoms with Crippen LogP contribution in [0.25, 0.3) is 0 Å². The lowest BCUT2D eigenvalue weighted by Crippen LogP contribution is -2.15. The molecule has 5 heteroatoms. The first-order valence-electron chi connectivity index (χ1n) is 6.54. The number of rotatable bonds is 3. The number of nitrogens with zero attached hydrogens (tertiary/aromatic N) is 1. The molecule has 0 spiro atoms. The van der Waals surface area contributed by atoms with E-state index in [0.29, 0.717) is 15.8 Å². The van der Waals surface area contributed by atoms with Crippen LogP contribution in [0.1, 0.15) is 38.2 Å². The van der Waals surface area contributed by atoms with Gasteiger partial charge in [-0.2, -0.15) is 0 Å². The van der Waals surface area contributed by atoms with Crippen LogP contribution in [-0.4, -0.2) is 16.3 Å². The number of oxime groups is 1. The molecule has 0 heterocycles. The van der Waals surface area contributed by atoms with Crippen LogP contribution in [0.4, 0.5) is 0 Å². The Labute approximate surface area is 123 Å². The Balaban J connectivity index is 2.07. The number of hydrogen-bond acceptors (Lipinski definition) is 3. The minimum Gasteiger partial charge on any atom is -0.409 e. The van der Waals surface area contributed by atoms with E-state index in [-0.39, 0.29) is 5.84 Å². The molecule has 0 aliphatic heterocycles. The van der Waals surface area contributed by atoms with Gasteiger partial charge in [-0.1, -0.05) is 36.5 Å². The van der Waals surface area contributed by atoms with Crippen molar-refractivity contribution in [2.45, 2.75) is 42.8 Å². The van der Waals surface area contributed by atoms with E-state index < -0.39 is 0 Å². The van der Waals surface area contributed by atoms with Crippen molar-refractivity contribution in [3.8, 4) is 0 Å². The lowest BCUT2D eigenvalue weighted by molar-refractivity contribution is 0.318. The van der Waals surface area contributed by atoms with Crippen molar-refractivity contribution in [2.75, 3.05) is 0 Å². The molecule has 2 rings (SSSR count). The molecule has 2 atom stereocenters. The molecule has 19 heavy (non-hydrogen) atoms. The molecule has 1 aromatic carbocycles. The van der Waals surface area contributed by atoms with Gasteiger partial charge in [-0.3, -0.25) is 0 Å². The second kappa shape index (κ2) is 6.53. The average molecular weight is 299 g/mol. The summed E-state index contributed by atoms with van der Waals surface area (Å²) in [7, 11) is 0. The van der Waals surface area contributed by atoms with E-state index in [1.807, 2.05) is 30.0 Å². The van der Waals surface area contributed by atoms with Crippen molar-refractivity contribution in [3.05, 3.63) is 28.8 Å². The first-order valence-corrected chi connectivity index (χ1v) is 7.80. The van der Waals surface area contributed by atoms with Crippen LogP contribution < -0.4 is 5.73 Å². The fourth-order valence-electron chi connectivity index (χ4n) is 2.51. The Bertz CT molecular complexity index is 479. The SMILES string of the molecule is CC1CCCC(Sc2ccc(C(N)=NO)c(Cl)c2)C1. The molecule has 1 aromatic rings. The molecule has 0 aromatic heterocycles. The van der Waals surface area contributed by atoms with Gasteiger partial charge >= 0.3 is 0 Å². The van der Waals surface area contributed by atoms with Crippen molar-refractivity contribution in [3.63, 3.8) is 0 Å². The minimum atomic E-state index is 0.0489. The van der Waals surface area contributed by atoms with E-state index in [1.165, 1.54) is 25.7 Å². The summed E-state index contributed by atoms with van der Waals surface area (Å²) >= 11 is 8.05. The molecule has 0 radical (unpaired) electrons. The second-order valence-electron chi connectivity index (χ2n) is 5.14. The molecule has 3 N–H and O–H groups in total. The summed E-state index contributed by atoms with van der Waals surface area (Å²) in [5.41, 5.74) is 6.13. The zero-order valence-electron chi connectivity index (χ0n) is 11.0. The summed E-state index contributed by atoms with van der Waals surface area (Å²) < 4.78 is 0. The highest BCUT2D eigenvalue weighted by atomic mass is 35.5. The predicted molar refractivity (Wildman–Crippen MR) is 81.2 cm³/mol. The molecule has 3 nitrogen and oxygen atoms in total. The van der Waals surface area contributed by atoms with Gasteiger partial charge in [-0.25, -0.2) is 0 Å². The molecule has 104 valence electrons. The number of hydrogen-bond donors (Lipinski definition) is 2. The van der Waals surface area contributed by atoms with E-state index in [1.54, 1.807) is 0 Å². The molecular formula is C14H19ClN2OS. The lowest BCUT2D eigenvalue weighted by atomic mass is 9.91. The van der Waals surface area contributed by atoms with Gasteiger partial charge in [0.2, 0.25) is 0 Å². The molecule has 2 unspecified atom stereocenters. The maximum atomic E-state index is 8.67. The quantitative estimate of drug-likeness (QED) is 0.382. The zero-order valence-corrected chi connectivity index (χ0v) is 12.5. The fourth-order valence-corrected chi connectivity index (χ4v) is 4.28. The van der Waals surface area contributed by atoms with Gasteiger partial charge in [0.15, 0.2) is 5.84 Å². The van der Waals surface area contributed by atoms with Crippen molar-refractivity contribution < 1.29 is 5.21 Å². The number of amidine groups is 1. The van der Waals surface area contributed by atoms with Gasteiger partial charge in [0, 0.05) is 15.7 Å². The van der Waals surface area contributed by atoms with Gasteiger partial charge in [-0.05, 0) is 37.0 Å². The number of thioether (sulfide) groups is 1. The highest BCUT2D eigenvalue weighted by molar-refractivity contribution is 8.00. The standard InChI is InChI=1S/C14H19ClN2OS/c1-9-3-2-4-10(7-9)19-11-5-6-12(13(15)8-11)14(16)17-18/h5-6,8-10,18H,2-4,7H2,1H3,(H2,16,17). The molecule has 1 aliphatic carbocycles. The predicted octanol–water partition coefficient (Wildman–Crippen LogP) is 4.11. The molecule has 0 saturated heterocycles. The van der Waals surface area contributed by atoms with Crippen LogP contribution in [0.2, 0.25) is 5.02 Å². The van der Waals surface area contributed by atoms with Crippen molar-refractivity contribution >= 4 is 29.2 Å². The van der Waals surface area contributed by atoms with E-state index in [2.05, 4.69) is 12.1 Å². The summed E-state index contributed by atoms with van der Waals surface area (Å²) in [6.45, 7) is 2.32. The maximum absolute atomic E-state index is 8.67. The second-order valence-corrected chi connectivity index (χ2v) is 6.92. The van der Waals surface area contributed by atoms with Crippen LogP contribution in [0.3, 0.4) is 0 Å². The van der Waals surface area contributed by atoms with Crippen molar-refractivity contribution in [2.24, 2.45) is 16.8 Å². The minimum absolute atomic E-state index is 0.0489. The summed E-state index contributed by atoms with van der Waals surface area (Å²) in [5.74, 6) is 0.867. The summed E-state index contributed by atoms with van der Waals surface area (Å²) in [6.07, 6.45) is 5.20. The Hall–Kier alpha value is -0.870. The third-order valence-electron chi connectivity index (χ3n) is 3.52. The van der Waals surface area contributed by atoms with Crippen LogP contribution in [0, 0.1) is 5.92 Å². The van der Waals surface area contributed by atoms with Gasteiger partial charge in [0.1, 0.15) is 0 Å². The average Bonchev–Trinajstić information content (AvgIpc) is 2.38. The first-order chi connectivity index (χ1) is 9.10. The highest BCUT2D eigenvalue weighted by Crippen LogP contribution is 2.37. The van der Waals surface area contributed by atoms with Gasteiger partial charge in [0.25, 0.3) is 0 Å². The van der Waals surface area contributed by atoms with Gasteiger partial charge < -0.3 is 10.9 Å². The molecule has 1 fully saturated rings. The molecule has 1 saturated carbocycles. The monoisotopic (exact) mass is 298 g/mol. The Kier molecular flexibility index (Phi) is 4.99. The summed E-state index contributed by atoms with van der Waals surface area (Å²) in [4.78, 5) is 1.15. The van der Waals surface area contributed by atoms with Crippen LogP contribution in [0.15, 0.2) is 28.3 Å². The highest BCUT2D eigenvalue weighted by Gasteiger charge is 2.20. The van der Waals surface area contributed by atoms with E-state index in [4.69, 9.17) is 22.5 Å². The smallest absolute Gasteiger partial charge is 0.171 e. The summed E-state index contributed by atoms with van der Waals surface area (Å²) in [5, 5.41) is 12.9. The lowest BCUT2D eigenvalue weighted by Gasteiger charge is -2.26. The molecular weight excluding hydrogens is 280 g/mol. The van der Waals surface area contributed by atoms with E-state index in [0.717, 1.165) is 10.8 Å². The molecule has 1 aliphatic rings. The number of nitrogens with two attached hydrogens (primary N) is 1. The topological polar surface area (TPSA) is 58.6 Å². The molecule has 0 bridgehead atoms. The Morgan fingerprint density at radius 1 is 1.47 bits per heavy atom. The fraction of sp³-hybridized carbons (Fsp3) is 0.500. The third-order valence-corrected chi connectivity index (χ3v) is 5.12. The first kappa shape index (κ1) is 14.5. The summed E-state index contributed by atoms with van der Waals surface area (Å²) in [6, 6.07) is 5.70. The van der Waals surface area contributed by atoms with Crippen LogP contribution in [-0.2, 0) is 0 Å². The Morgan fingerprint density at radius 3 is 2.89 bits per heavy atom. The zero-order chi connectivity index (χ0) is 13.8. The van der Waals surface area contributed by atoms with Crippen molar-refractivity contribution in [1.29, 1.82) is 0 Å². The largest absolute Gasteiger partial charge is 0.409 e.